The van der Waals surface area contributed by atoms with Crippen LogP contribution in [0.15, 0.2) is 29.0 Å². The first kappa shape index (κ1) is 33.8. The number of benzene rings is 1. The molecule has 10 heteroatoms. The largest absolute Gasteiger partial charge is 0.381 e. The minimum Gasteiger partial charge on any atom is -0.381 e. The highest BCUT2D eigenvalue weighted by molar-refractivity contribution is 5.76. The van der Waals surface area contributed by atoms with Crippen LogP contribution in [-0.2, 0) is 21.5 Å². The summed E-state index contributed by atoms with van der Waals surface area (Å²) in [5, 5.41) is 14.8. The van der Waals surface area contributed by atoms with Crippen LogP contribution in [0.5, 0.6) is 0 Å². The Labute approximate surface area is 269 Å². The number of nitrogens with zero attached hydrogens (tertiary/aromatic N) is 3. The van der Waals surface area contributed by atoms with Crippen LogP contribution in [0.25, 0.3) is 0 Å². The Morgan fingerprint density at radius 2 is 1.89 bits per heavy atom. The summed E-state index contributed by atoms with van der Waals surface area (Å²) >= 11 is 0. The van der Waals surface area contributed by atoms with E-state index in [2.05, 4.69) is 58.7 Å². The lowest BCUT2D eigenvalue weighted by Crippen LogP contribution is -2.52. The second kappa shape index (κ2) is 15.4. The molecule has 3 heterocycles. The molecular weight excluding hydrogens is 571 g/mol. The third-order valence-corrected chi connectivity index (χ3v) is 10.6. The molecule has 3 aliphatic rings. The van der Waals surface area contributed by atoms with Crippen molar-refractivity contribution in [2.75, 3.05) is 64.8 Å². The molecule has 1 aromatic heterocycles. The fourth-order valence-electron chi connectivity index (χ4n) is 7.12. The van der Waals surface area contributed by atoms with Gasteiger partial charge < -0.3 is 30.1 Å². The molecule has 1 aromatic carbocycles. The molecule has 3 fully saturated rings. The summed E-state index contributed by atoms with van der Waals surface area (Å²) in [5.74, 6) is 1.02. The van der Waals surface area contributed by atoms with Crippen LogP contribution in [0, 0.1) is 17.7 Å². The number of nitrogens with one attached hydrogen (secondary N) is 3. The number of rotatable bonds is 14. The molecule has 5 rings (SSSR count). The van der Waals surface area contributed by atoms with Crippen molar-refractivity contribution in [1.82, 2.24) is 25.6 Å². The van der Waals surface area contributed by atoms with E-state index in [1.807, 2.05) is 19.1 Å². The molecule has 1 amide bonds. The number of halogens is 1. The van der Waals surface area contributed by atoms with Crippen molar-refractivity contribution in [2.45, 2.75) is 89.8 Å². The molecule has 3 atom stereocenters. The molecule has 1 unspecified atom stereocenters. The fourth-order valence-corrected chi connectivity index (χ4v) is 7.12. The van der Waals surface area contributed by atoms with Gasteiger partial charge in [0, 0.05) is 75.8 Å². The highest BCUT2D eigenvalue weighted by Crippen LogP contribution is 2.34. The summed E-state index contributed by atoms with van der Waals surface area (Å²) in [5.41, 5.74) is 3.36. The Balaban J connectivity index is 1.24. The van der Waals surface area contributed by atoms with E-state index < -0.39 is 0 Å². The van der Waals surface area contributed by atoms with Gasteiger partial charge in [-0.2, -0.15) is 0 Å². The number of carbonyl (C=O) groups is 1. The van der Waals surface area contributed by atoms with E-state index in [0.717, 1.165) is 55.5 Å². The first-order chi connectivity index (χ1) is 21.6. The van der Waals surface area contributed by atoms with Gasteiger partial charge in [-0.3, -0.25) is 9.69 Å². The van der Waals surface area contributed by atoms with Crippen LogP contribution in [0.4, 0.5) is 10.1 Å². The zero-order chi connectivity index (χ0) is 32.0. The maximum atomic E-state index is 15.7. The fraction of sp³-hybridized carbons (Fsp3) is 0.714. The smallest absolute Gasteiger partial charge is 0.219 e. The van der Waals surface area contributed by atoms with Crippen LogP contribution >= 0.6 is 0 Å². The minimum absolute atomic E-state index is 0.0250. The van der Waals surface area contributed by atoms with Crippen molar-refractivity contribution < 1.29 is 18.4 Å². The van der Waals surface area contributed by atoms with E-state index in [1.165, 1.54) is 25.7 Å². The highest BCUT2D eigenvalue weighted by atomic mass is 19.1. The molecule has 250 valence electrons. The molecule has 1 saturated carbocycles. The average Bonchev–Trinajstić information content (AvgIpc) is 3.50. The Hall–Kier alpha value is -2.53. The SMILES string of the molecule is CCC(=O)NC(CN1CCN(C)CC1)[C@@H](C)c1ccc(NC[C@@H](NCc2conc2C2(C)COC2)[C@H]2CC[C@H](C)CC2)c(F)c1. The molecule has 3 N–H and O–H groups in total. The average molecular weight is 627 g/mol. The van der Waals surface area contributed by atoms with Crippen molar-refractivity contribution in [3.8, 4) is 0 Å². The third-order valence-electron chi connectivity index (χ3n) is 10.6. The van der Waals surface area contributed by atoms with E-state index in [0.29, 0.717) is 44.3 Å². The number of anilines is 1. The predicted molar refractivity (Wildman–Crippen MR) is 176 cm³/mol. The monoisotopic (exact) mass is 626 g/mol. The first-order valence-corrected chi connectivity index (χ1v) is 17.1. The lowest BCUT2D eigenvalue weighted by Gasteiger charge is -2.37. The van der Waals surface area contributed by atoms with Crippen LogP contribution in [-0.4, -0.2) is 92.5 Å². The molecule has 2 aliphatic heterocycles. The molecule has 0 bridgehead atoms. The Bertz CT molecular complexity index is 1240. The van der Waals surface area contributed by atoms with Gasteiger partial charge in [0.05, 0.1) is 30.0 Å². The van der Waals surface area contributed by atoms with Crippen molar-refractivity contribution in [2.24, 2.45) is 11.8 Å². The van der Waals surface area contributed by atoms with Gasteiger partial charge in [0.15, 0.2) is 0 Å². The number of hydrogen-bond donors (Lipinski definition) is 3. The molecule has 0 spiro atoms. The Morgan fingerprint density at radius 3 is 2.53 bits per heavy atom. The zero-order valence-electron chi connectivity index (χ0n) is 28.0. The molecule has 9 nitrogen and oxygen atoms in total. The van der Waals surface area contributed by atoms with Gasteiger partial charge in [-0.1, -0.05) is 44.8 Å². The second-order valence-corrected chi connectivity index (χ2v) is 14.3. The van der Waals surface area contributed by atoms with Gasteiger partial charge >= 0.3 is 0 Å². The van der Waals surface area contributed by atoms with Crippen LogP contribution in [0.1, 0.15) is 82.5 Å². The number of amides is 1. The number of carbonyl (C=O) groups excluding carboxylic acids is 1. The van der Waals surface area contributed by atoms with Gasteiger partial charge in [-0.25, -0.2) is 4.39 Å². The summed E-state index contributed by atoms with van der Waals surface area (Å²) in [6, 6.07) is 5.63. The van der Waals surface area contributed by atoms with Gasteiger partial charge in [0.1, 0.15) is 12.1 Å². The van der Waals surface area contributed by atoms with E-state index in [1.54, 1.807) is 12.3 Å². The first-order valence-electron chi connectivity index (χ1n) is 17.1. The maximum absolute atomic E-state index is 15.7. The quantitative estimate of drug-likeness (QED) is 0.277. The number of piperazine rings is 1. The van der Waals surface area contributed by atoms with Gasteiger partial charge in [-0.15, -0.1) is 0 Å². The predicted octanol–water partition coefficient (Wildman–Crippen LogP) is 4.74. The molecule has 2 aromatic rings. The Kier molecular flexibility index (Phi) is 11.6. The molecular formula is C35H55FN6O3. The summed E-state index contributed by atoms with van der Waals surface area (Å²) < 4.78 is 26.5. The van der Waals surface area contributed by atoms with Crippen molar-refractivity contribution in [3.05, 3.63) is 47.1 Å². The molecule has 2 saturated heterocycles. The van der Waals surface area contributed by atoms with Crippen LogP contribution in [0.3, 0.4) is 0 Å². The van der Waals surface area contributed by atoms with Gasteiger partial charge in [0.2, 0.25) is 5.91 Å². The number of likely N-dealkylation sites (N-methyl/N-ethyl adjacent to an activating group) is 1. The van der Waals surface area contributed by atoms with E-state index >= 15 is 4.39 Å². The van der Waals surface area contributed by atoms with E-state index in [9.17, 15) is 4.79 Å². The molecule has 0 radical (unpaired) electrons. The van der Waals surface area contributed by atoms with Crippen LogP contribution < -0.4 is 16.0 Å². The summed E-state index contributed by atoms with van der Waals surface area (Å²) in [4.78, 5) is 17.2. The third kappa shape index (κ3) is 8.64. The minimum atomic E-state index is -0.255. The van der Waals surface area contributed by atoms with Crippen molar-refractivity contribution in [1.29, 1.82) is 0 Å². The molecule has 45 heavy (non-hydrogen) atoms. The lowest BCUT2D eigenvalue weighted by atomic mass is 9.79. The normalized spacial score (nSPS) is 24.4. The summed E-state index contributed by atoms with van der Waals surface area (Å²) in [7, 11) is 2.14. The Morgan fingerprint density at radius 1 is 1.16 bits per heavy atom. The van der Waals surface area contributed by atoms with E-state index in [-0.39, 0.29) is 35.1 Å². The summed E-state index contributed by atoms with van der Waals surface area (Å²) in [6.45, 7) is 15.8. The molecule has 1 aliphatic carbocycles. The maximum Gasteiger partial charge on any atom is 0.219 e. The highest BCUT2D eigenvalue weighted by Gasteiger charge is 2.40. The van der Waals surface area contributed by atoms with Crippen molar-refractivity contribution >= 4 is 11.6 Å². The number of hydrogen-bond acceptors (Lipinski definition) is 8. The van der Waals surface area contributed by atoms with Crippen molar-refractivity contribution in [3.63, 3.8) is 0 Å². The number of ether oxygens (including phenoxy) is 1. The summed E-state index contributed by atoms with van der Waals surface area (Å²) in [6.07, 6.45) is 6.96. The zero-order valence-corrected chi connectivity index (χ0v) is 28.0. The topological polar surface area (TPSA) is 94.9 Å². The standard InChI is InChI=1S/C35H55FN6O3/c1-6-33(43)39-32(20-42-15-13-41(5)14-16-42)25(3)27-11-12-30(29(36)17-27)38-19-31(26-9-7-24(2)8-10-26)37-18-28-21-45-40-34(28)35(4)22-44-23-35/h11-12,17,21,24-26,31-32,37-38H,6-10,13-16,18-20,22-23H2,1-5H3,(H,39,43)/t24-,25-,26-,31+,32?/m0/s1. The lowest BCUT2D eigenvalue weighted by molar-refractivity contribution is -0.121. The van der Waals surface area contributed by atoms with E-state index in [4.69, 9.17) is 9.26 Å². The number of aromatic nitrogens is 1. The van der Waals surface area contributed by atoms with Crippen LogP contribution in [0.2, 0.25) is 0 Å². The second-order valence-electron chi connectivity index (χ2n) is 14.3. The van der Waals surface area contributed by atoms with Gasteiger partial charge in [0.25, 0.3) is 0 Å². The van der Waals surface area contributed by atoms with Gasteiger partial charge in [-0.05, 0) is 56.3 Å².